The number of hydroxylamine groups is 1. The predicted molar refractivity (Wildman–Crippen MR) is 53.2 cm³/mol. The first-order chi connectivity index (χ1) is 7.39. The fraction of sp³-hybridized carbons (Fsp3) is 0.250. The molecule has 16 heavy (non-hydrogen) atoms. The number of nitrogens with zero attached hydrogens (tertiary/aromatic N) is 2. The highest BCUT2D eigenvalue weighted by Crippen LogP contribution is 2.11. The predicted octanol–water partition coefficient (Wildman–Crippen LogP) is -0.0383. The lowest BCUT2D eigenvalue weighted by atomic mass is 10.3. The molecule has 88 valence electrons. The van der Waals surface area contributed by atoms with Gasteiger partial charge in [0.1, 0.15) is 0 Å². The SMILES string of the molecule is CON(C)S(=O)(=O)c1ccc(C(=O)O)cn1. The van der Waals surface area contributed by atoms with E-state index < -0.39 is 16.0 Å². The van der Waals surface area contributed by atoms with E-state index in [1.54, 1.807) is 0 Å². The Morgan fingerprint density at radius 2 is 2.12 bits per heavy atom. The maximum absolute atomic E-state index is 11.6. The summed E-state index contributed by atoms with van der Waals surface area (Å²) in [4.78, 5) is 18.6. The van der Waals surface area contributed by atoms with Gasteiger partial charge in [-0.05, 0) is 12.1 Å². The van der Waals surface area contributed by atoms with Gasteiger partial charge >= 0.3 is 5.97 Å². The molecule has 1 aromatic rings. The number of carboxylic acid groups (broad SMARTS) is 1. The Morgan fingerprint density at radius 3 is 2.50 bits per heavy atom. The number of carbonyl (C=O) groups is 1. The summed E-state index contributed by atoms with van der Waals surface area (Å²) < 4.78 is 23.9. The summed E-state index contributed by atoms with van der Waals surface area (Å²) in [5.74, 6) is -1.17. The summed E-state index contributed by atoms with van der Waals surface area (Å²) in [6, 6.07) is 2.26. The van der Waals surface area contributed by atoms with Crippen LogP contribution in [0.2, 0.25) is 0 Å². The summed E-state index contributed by atoms with van der Waals surface area (Å²) in [7, 11) is -1.42. The van der Waals surface area contributed by atoms with Gasteiger partial charge in [0.2, 0.25) is 0 Å². The minimum Gasteiger partial charge on any atom is -0.478 e. The van der Waals surface area contributed by atoms with Crippen molar-refractivity contribution in [3.8, 4) is 0 Å². The number of carboxylic acids is 1. The molecule has 1 heterocycles. The molecule has 0 spiro atoms. The lowest BCUT2D eigenvalue weighted by molar-refractivity contribution is -0.0261. The van der Waals surface area contributed by atoms with Crippen molar-refractivity contribution in [3.63, 3.8) is 0 Å². The molecule has 0 saturated carbocycles. The van der Waals surface area contributed by atoms with Crippen molar-refractivity contribution in [1.82, 2.24) is 9.45 Å². The third kappa shape index (κ3) is 2.35. The first kappa shape index (κ1) is 12.6. The Kier molecular flexibility index (Phi) is 3.58. The number of aromatic nitrogens is 1. The second-order valence-electron chi connectivity index (χ2n) is 2.79. The average Bonchev–Trinajstić information content (AvgIpc) is 2.28. The van der Waals surface area contributed by atoms with E-state index in [0.717, 1.165) is 18.3 Å². The van der Waals surface area contributed by atoms with Crippen molar-refractivity contribution in [3.05, 3.63) is 23.9 Å². The van der Waals surface area contributed by atoms with Gasteiger partial charge in [-0.3, -0.25) is 4.84 Å². The molecule has 0 atom stereocenters. The van der Waals surface area contributed by atoms with Crippen LogP contribution in [0.15, 0.2) is 23.4 Å². The molecule has 0 aromatic carbocycles. The number of rotatable bonds is 4. The molecular weight excluding hydrogens is 236 g/mol. The van der Waals surface area contributed by atoms with Crippen molar-refractivity contribution < 1.29 is 23.2 Å². The van der Waals surface area contributed by atoms with E-state index in [-0.39, 0.29) is 10.6 Å². The van der Waals surface area contributed by atoms with Crippen LogP contribution in [0.5, 0.6) is 0 Å². The molecule has 0 saturated heterocycles. The van der Waals surface area contributed by atoms with Crippen LogP contribution in [0, 0.1) is 0 Å². The van der Waals surface area contributed by atoms with Crippen molar-refractivity contribution in [2.45, 2.75) is 5.03 Å². The van der Waals surface area contributed by atoms with Crippen LogP contribution < -0.4 is 0 Å². The maximum atomic E-state index is 11.6. The normalized spacial score (nSPS) is 11.7. The highest BCUT2D eigenvalue weighted by atomic mass is 32.2. The smallest absolute Gasteiger partial charge is 0.337 e. The van der Waals surface area contributed by atoms with Crippen LogP contribution in [0.4, 0.5) is 0 Å². The highest BCUT2D eigenvalue weighted by Gasteiger charge is 2.22. The van der Waals surface area contributed by atoms with Gasteiger partial charge in [0, 0.05) is 13.2 Å². The van der Waals surface area contributed by atoms with Crippen LogP contribution in [-0.2, 0) is 14.9 Å². The van der Waals surface area contributed by atoms with Gasteiger partial charge in [-0.1, -0.05) is 4.47 Å². The molecule has 7 nitrogen and oxygen atoms in total. The standard InChI is InChI=1S/C8H10N2O5S/c1-10(15-2)16(13,14)7-4-3-6(5-9-7)8(11)12/h3-5H,1-2H3,(H,11,12). The zero-order valence-corrected chi connectivity index (χ0v) is 9.43. The van der Waals surface area contributed by atoms with Crippen LogP contribution >= 0.6 is 0 Å². The fourth-order valence-electron chi connectivity index (χ4n) is 0.889. The molecule has 0 aliphatic rings. The summed E-state index contributed by atoms with van der Waals surface area (Å²) in [6.07, 6.45) is 0.971. The lowest BCUT2D eigenvalue weighted by Gasteiger charge is -2.12. The van der Waals surface area contributed by atoms with Crippen LogP contribution in [0.25, 0.3) is 0 Å². The monoisotopic (exact) mass is 246 g/mol. The zero-order valence-electron chi connectivity index (χ0n) is 8.61. The van der Waals surface area contributed by atoms with E-state index in [4.69, 9.17) is 5.11 Å². The van der Waals surface area contributed by atoms with Gasteiger partial charge in [-0.2, -0.15) is 0 Å². The van der Waals surface area contributed by atoms with E-state index in [1.807, 2.05) is 0 Å². The molecule has 1 aromatic heterocycles. The molecule has 1 rings (SSSR count). The highest BCUT2D eigenvalue weighted by molar-refractivity contribution is 7.88. The number of sulfonamides is 1. The largest absolute Gasteiger partial charge is 0.478 e. The molecule has 0 bridgehead atoms. The summed E-state index contributed by atoms with van der Waals surface area (Å²) in [6.45, 7) is 0. The van der Waals surface area contributed by atoms with Gasteiger partial charge < -0.3 is 5.11 Å². The molecule has 0 unspecified atom stereocenters. The van der Waals surface area contributed by atoms with Crippen molar-refractivity contribution >= 4 is 16.0 Å². The molecule has 0 radical (unpaired) electrons. The average molecular weight is 246 g/mol. The second-order valence-corrected chi connectivity index (χ2v) is 4.67. The third-order valence-electron chi connectivity index (χ3n) is 1.84. The Labute approximate surface area is 92.3 Å². The van der Waals surface area contributed by atoms with E-state index in [1.165, 1.54) is 14.2 Å². The molecule has 0 aliphatic heterocycles. The number of aromatic carboxylic acids is 1. The molecule has 0 aliphatic carbocycles. The Balaban J connectivity index is 3.12. The summed E-state index contributed by atoms with van der Waals surface area (Å²) in [5.41, 5.74) is -0.0842. The minimum atomic E-state index is -3.82. The first-order valence-electron chi connectivity index (χ1n) is 4.12. The minimum absolute atomic E-state index is 0.0842. The third-order valence-corrected chi connectivity index (χ3v) is 3.44. The molecule has 0 fully saturated rings. The number of pyridine rings is 1. The molecule has 0 amide bonds. The van der Waals surface area contributed by atoms with Crippen LogP contribution in [0.1, 0.15) is 10.4 Å². The fourth-order valence-corrected chi connectivity index (χ4v) is 1.77. The van der Waals surface area contributed by atoms with Crippen molar-refractivity contribution in [2.75, 3.05) is 14.2 Å². The van der Waals surface area contributed by atoms with Crippen LogP contribution in [-0.4, -0.2) is 43.1 Å². The quantitative estimate of drug-likeness (QED) is 0.749. The molecule has 1 N–H and O–H groups in total. The Bertz CT molecular complexity index is 482. The molecule has 8 heteroatoms. The van der Waals surface area contributed by atoms with Gasteiger partial charge in [-0.25, -0.2) is 18.2 Å². The lowest BCUT2D eigenvalue weighted by Crippen LogP contribution is -2.26. The first-order valence-corrected chi connectivity index (χ1v) is 5.56. The number of hydrogen-bond acceptors (Lipinski definition) is 5. The van der Waals surface area contributed by atoms with E-state index in [9.17, 15) is 13.2 Å². The van der Waals surface area contributed by atoms with E-state index >= 15 is 0 Å². The van der Waals surface area contributed by atoms with Gasteiger partial charge in [0.15, 0.2) is 5.03 Å². The van der Waals surface area contributed by atoms with Crippen molar-refractivity contribution in [1.29, 1.82) is 0 Å². The summed E-state index contributed by atoms with van der Waals surface area (Å²) in [5, 5.41) is 8.33. The molecular formula is C8H10N2O5S. The number of hydrogen-bond donors (Lipinski definition) is 1. The zero-order chi connectivity index (χ0) is 12.3. The van der Waals surface area contributed by atoms with E-state index in [0.29, 0.717) is 4.47 Å². The van der Waals surface area contributed by atoms with Gasteiger partial charge in [-0.15, -0.1) is 0 Å². The van der Waals surface area contributed by atoms with Gasteiger partial charge in [0.05, 0.1) is 12.7 Å². The topological polar surface area (TPSA) is 96.8 Å². The Morgan fingerprint density at radius 1 is 1.50 bits per heavy atom. The van der Waals surface area contributed by atoms with Crippen molar-refractivity contribution in [2.24, 2.45) is 0 Å². The summed E-state index contributed by atoms with van der Waals surface area (Å²) >= 11 is 0. The second kappa shape index (κ2) is 4.56. The Hall–Kier alpha value is -1.51. The van der Waals surface area contributed by atoms with Crippen LogP contribution in [0.3, 0.4) is 0 Å². The van der Waals surface area contributed by atoms with E-state index in [2.05, 4.69) is 9.82 Å². The van der Waals surface area contributed by atoms with Gasteiger partial charge in [0.25, 0.3) is 10.0 Å². The maximum Gasteiger partial charge on any atom is 0.337 e.